The zero-order valence-electron chi connectivity index (χ0n) is 9.78. The van der Waals surface area contributed by atoms with E-state index in [0.29, 0.717) is 5.75 Å². The van der Waals surface area contributed by atoms with Crippen LogP contribution in [-0.2, 0) is 4.79 Å². The summed E-state index contributed by atoms with van der Waals surface area (Å²) in [5, 5.41) is 3.97. The average molecular weight is 242 g/mol. The van der Waals surface area contributed by atoms with E-state index in [2.05, 4.69) is 15.3 Å². The van der Waals surface area contributed by atoms with Gasteiger partial charge in [0.25, 0.3) is 0 Å². The van der Waals surface area contributed by atoms with Crippen molar-refractivity contribution in [3.05, 3.63) is 12.4 Å². The first-order valence-electron chi connectivity index (χ1n) is 5.14. The summed E-state index contributed by atoms with van der Waals surface area (Å²) in [5.74, 6) is 0.203. The van der Waals surface area contributed by atoms with Gasteiger partial charge in [-0.3, -0.25) is 4.79 Å². The number of hydrogen-bond donors (Lipinski definition) is 3. The molecule has 0 aliphatic carbocycles. The van der Waals surface area contributed by atoms with Crippen molar-refractivity contribution in [1.29, 1.82) is 0 Å². The van der Waals surface area contributed by atoms with Gasteiger partial charge in [-0.05, 0) is 20.8 Å². The predicted molar refractivity (Wildman–Crippen MR) is 65.2 cm³/mol. The van der Waals surface area contributed by atoms with Gasteiger partial charge in [-0.15, -0.1) is 0 Å². The molecule has 1 atom stereocenters. The number of carbonyl (C=O) groups excluding carboxylic acids is 1. The van der Waals surface area contributed by atoms with Gasteiger partial charge >= 0.3 is 0 Å². The van der Waals surface area contributed by atoms with Crippen molar-refractivity contribution < 1.29 is 4.79 Å². The maximum Gasteiger partial charge on any atom is 0.238 e. The molecule has 0 saturated heterocycles. The Morgan fingerprint density at radius 1 is 1.75 bits per heavy atom. The minimum atomic E-state index is -0.717. The zero-order valence-corrected chi connectivity index (χ0v) is 10.6. The van der Waals surface area contributed by atoms with Gasteiger partial charge < -0.3 is 16.0 Å². The second-order valence-electron chi connectivity index (χ2n) is 4.18. The fourth-order valence-corrected chi connectivity index (χ4v) is 2.30. The molecular formula is C10H18N4OS. The third-order valence-electron chi connectivity index (χ3n) is 2.12. The Morgan fingerprint density at radius 3 is 2.88 bits per heavy atom. The van der Waals surface area contributed by atoms with Crippen LogP contribution in [0.15, 0.2) is 17.6 Å². The first-order valence-corrected chi connectivity index (χ1v) is 6.12. The molecule has 5 nitrogen and oxygen atoms in total. The second kappa shape index (κ2) is 5.36. The molecule has 0 aliphatic heterocycles. The van der Waals surface area contributed by atoms with Crippen LogP contribution in [0.1, 0.15) is 20.8 Å². The van der Waals surface area contributed by atoms with Crippen LogP contribution in [0.2, 0.25) is 0 Å². The normalized spacial score (nSPS) is 15.0. The maximum atomic E-state index is 11.4. The number of nitrogens with zero attached hydrogens (tertiary/aromatic N) is 1. The van der Waals surface area contributed by atoms with Gasteiger partial charge in [0.1, 0.15) is 5.54 Å². The van der Waals surface area contributed by atoms with Gasteiger partial charge in [0, 0.05) is 24.2 Å². The summed E-state index contributed by atoms with van der Waals surface area (Å²) in [6, 6.07) is 0.203. The highest BCUT2D eigenvalue weighted by Crippen LogP contribution is 2.19. The summed E-state index contributed by atoms with van der Waals surface area (Å²) in [6.45, 7) is 5.78. The molecule has 1 heterocycles. The molecule has 1 aromatic heterocycles. The van der Waals surface area contributed by atoms with Crippen LogP contribution in [0.25, 0.3) is 0 Å². The van der Waals surface area contributed by atoms with Crippen LogP contribution in [0.5, 0.6) is 0 Å². The molecule has 0 radical (unpaired) electrons. The molecule has 0 spiro atoms. The number of imidazole rings is 1. The number of nitrogens with two attached hydrogens (primary N) is 1. The highest BCUT2D eigenvalue weighted by atomic mass is 32.2. The lowest BCUT2D eigenvalue weighted by atomic mass is 10.0. The smallest absolute Gasteiger partial charge is 0.238 e. The zero-order chi connectivity index (χ0) is 12.2. The van der Waals surface area contributed by atoms with Gasteiger partial charge in [0.15, 0.2) is 5.16 Å². The third-order valence-corrected chi connectivity index (χ3v) is 3.34. The number of rotatable bonds is 6. The van der Waals surface area contributed by atoms with Crippen molar-refractivity contribution in [1.82, 2.24) is 15.3 Å². The first-order chi connectivity index (χ1) is 7.44. The van der Waals surface area contributed by atoms with Crippen molar-refractivity contribution in [3.8, 4) is 0 Å². The van der Waals surface area contributed by atoms with E-state index in [9.17, 15) is 4.79 Å². The largest absolute Gasteiger partial charge is 0.368 e. The molecule has 1 aromatic rings. The molecule has 0 saturated carbocycles. The Labute approximate surface area is 99.6 Å². The first kappa shape index (κ1) is 13.1. The van der Waals surface area contributed by atoms with Crippen molar-refractivity contribution >= 4 is 17.7 Å². The molecule has 16 heavy (non-hydrogen) atoms. The lowest BCUT2D eigenvalue weighted by Crippen LogP contribution is -2.57. The Balaban J connectivity index is 2.61. The highest BCUT2D eigenvalue weighted by Gasteiger charge is 2.31. The molecule has 4 N–H and O–H groups in total. The van der Waals surface area contributed by atoms with E-state index in [4.69, 9.17) is 5.73 Å². The topological polar surface area (TPSA) is 83.8 Å². The Kier molecular flexibility index (Phi) is 4.37. The van der Waals surface area contributed by atoms with E-state index in [1.807, 2.05) is 20.8 Å². The lowest BCUT2D eigenvalue weighted by Gasteiger charge is -2.29. The van der Waals surface area contributed by atoms with Crippen molar-refractivity contribution in [2.24, 2.45) is 5.73 Å². The molecule has 1 unspecified atom stereocenters. The Bertz CT molecular complexity index is 339. The van der Waals surface area contributed by atoms with E-state index >= 15 is 0 Å². The monoisotopic (exact) mass is 242 g/mol. The summed E-state index contributed by atoms with van der Waals surface area (Å²) in [6.07, 6.45) is 3.43. The van der Waals surface area contributed by atoms with Gasteiger partial charge in [-0.1, -0.05) is 11.8 Å². The molecule has 0 aromatic carbocycles. The number of aromatic amines is 1. The summed E-state index contributed by atoms with van der Waals surface area (Å²) >= 11 is 1.47. The van der Waals surface area contributed by atoms with Crippen LogP contribution in [0.3, 0.4) is 0 Å². The number of carbonyl (C=O) groups is 1. The standard InChI is InChI=1S/C10H18N4OS/c1-7(2)14-10(3,8(11)15)6-16-9-12-4-5-13-9/h4-5,7,14H,6H2,1-3H3,(H2,11,15)(H,12,13). The van der Waals surface area contributed by atoms with Crippen molar-refractivity contribution in [2.45, 2.75) is 37.5 Å². The van der Waals surface area contributed by atoms with E-state index in [1.165, 1.54) is 11.8 Å². The molecule has 0 fully saturated rings. The summed E-state index contributed by atoms with van der Waals surface area (Å²) in [7, 11) is 0. The number of nitrogens with one attached hydrogen (secondary N) is 2. The summed E-state index contributed by atoms with van der Waals surface area (Å²) in [5.41, 5.74) is 4.70. The van der Waals surface area contributed by atoms with Crippen LogP contribution < -0.4 is 11.1 Å². The molecule has 0 bridgehead atoms. The quantitative estimate of drug-likeness (QED) is 0.643. The number of hydrogen-bond acceptors (Lipinski definition) is 4. The van der Waals surface area contributed by atoms with Crippen LogP contribution >= 0.6 is 11.8 Å². The average Bonchev–Trinajstić information content (AvgIpc) is 2.65. The minimum Gasteiger partial charge on any atom is -0.368 e. The Morgan fingerprint density at radius 2 is 2.44 bits per heavy atom. The van der Waals surface area contributed by atoms with Crippen LogP contribution in [0, 0.1) is 0 Å². The number of primary amides is 1. The summed E-state index contributed by atoms with van der Waals surface area (Å²) < 4.78 is 0. The van der Waals surface area contributed by atoms with Gasteiger partial charge in [0.05, 0.1) is 0 Å². The van der Waals surface area contributed by atoms with E-state index < -0.39 is 5.54 Å². The predicted octanol–water partition coefficient (Wildman–Crippen LogP) is 0.744. The molecule has 0 aliphatic rings. The number of H-pyrrole nitrogens is 1. The molecule has 1 amide bonds. The third kappa shape index (κ3) is 3.53. The van der Waals surface area contributed by atoms with E-state index in [0.717, 1.165) is 5.16 Å². The highest BCUT2D eigenvalue weighted by molar-refractivity contribution is 7.99. The van der Waals surface area contributed by atoms with E-state index in [-0.39, 0.29) is 11.9 Å². The number of thioether (sulfide) groups is 1. The molecular weight excluding hydrogens is 224 g/mol. The lowest BCUT2D eigenvalue weighted by molar-refractivity contribution is -0.123. The second-order valence-corrected chi connectivity index (χ2v) is 5.14. The number of aromatic nitrogens is 2. The van der Waals surface area contributed by atoms with Crippen LogP contribution in [0.4, 0.5) is 0 Å². The van der Waals surface area contributed by atoms with Gasteiger partial charge in [-0.25, -0.2) is 4.98 Å². The van der Waals surface area contributed by atoms with E-state index in [1.54, 1.807) is 12.4 Å². The maximum absolute atomic E-state index is 11.4. The molecule has 6 heteroatoms. The fourth-order valence-electron chi connectivity index (χ4n) is 1.36. The molecule has 90 valence electrons. The number of amides is 1. The molecule has 1 rings (SSSR count). The van der Waals surface area contributed by atoms with Crippen LogP contribution in [-0.4, -0.2) is 33.2 Å². The SMILES string of the molecule is CC(C)NC(C)(CSc1ncc[nH]1)C(N)=O. The van der Waals surface area contributed by atoms with Crippen molar-refractivity contribution in [2.75, 3.05) is 5.75 Å². The van der Waals surface area contributed by atoms with Gasteiger partial charge in [0.2, 0.25) is 5.91 Å². The summed E-state index contributed by atoms with van der Waals surface area (Å²) in [4.78, 5) is 18.5. The van der Waals surface area contributed by atoms with Crippen molar-refractivity contribution in [3.63, 3.8) is 0 Å². The fraction of sp³-hybridized carbons (Fsp3) is 0.600. The van der Waals surface area contributed by atoms with Gasteiger partial charge in [-0.2, -0.15) is 0 Å². The Hall–Kier alpha value is -1.01. The minimum absolute atomic E-state index is 0.203.